The fraction of sp³-hybridized carbons (Fsp3) is 0.308. The predicted octanol–water partition coefficient (Wildman–Crippen LogP) is 6.24. The van der Waals surface area contributed by atoms with Crippen molar-refractivity contribution in [3.63, 3.8) is 0 Å². The first-order valence-electron chi connectivity index (χ1n) is 11.1. The van der Waals surface area contributed by atoms with Crippen molar-refractivity contribution >= 4 is 45.7 Å². The summed E-state index contributed by atoms with van der Waals surface area (Å²) in [6, 6.07) is 18.3. The number of carbonyl (C=O) groups excluding carboxylic acids is 1. The van der Waals surface area contributed by atoms with Crippen LogP contribution in [0.4, 0.5) is 11.5 Å². The molecular formula is C26H30BrClN4O. The maximum atomic E-state index is 13.1. The van der Waals surface area contributed by atoms with Gasteiger partial charge >= 0.3 is 0 Å². The second kappa shape index (κ2) is 11.6. The average molecular weight is 530 g/mol. The summed E-state index contributed by atoms with van der Waals surface area (Å²) in [5, 5.41) is 2.99. The van der Waals surface area contributed by atoms with Crippen LogP contribution in [0.5, 0.6) is 0 Å². The van der Waals surface area contributed by atoms with Gasteiger partial charge in [0.15, 0.2) is 0 Å². The molecule has 2 aromatic carbocycles. The number of benzene rings is 2. The van der Waals surface area contributed by atoms with Gasteiger partial charge in [-0.1, -0.05) is 42.8 Å². The molecule has 0 bridgehead atoms. The molecule has 1 N–H and O–H groups in total. The minimum Gasteiger partial charge on any atom is -0.362 e. The number of amides is 1. The predicted molar refractivity (Wildman–Crippen MR) is 142 cm³/mol. The van der Waals surface area contributed by atoms with E-state index in [0.29, 0.717) is 11.3 Å². The molecule has 33 heavy (non-hydrogen) atoms. The van der Waals surface area contributed by atoms with Gasteiger partial charge in [-0.3, -0.25) is 9.69 Å². The first kappa shape index (κ1) is 25.2. The highest BCUT2D eigenvalue weighted by molar-refractivity contribution is 9.10. The van der Waals surface area contributed by atoms with E-state index in [-0.39, 0.29) is 18.3 Å². The Bertz CT molecular complexity index is 1080. The Labute approximate surface area is 210 Å². The van der Waals surface area contributed by atoms with Crippen LogP contribution in [0, 0.1) is 0 Å². The molecule has 0 spiro atoms. The van der Waals surface area contributed by atoms with Crippen LogP contribution in [0.1, 0.15) is 35.2 Å². The highest BCUT2D eigenvalue weighted by atomic mass is 79.9. The van der Waals surface area contributed by atoms with Gasteiger partial charge in [0.05, 0.1) is 16.4 Å². The summed E-state index contributed by atoms with van der Waals surface area (Å²) in [5.41, 5.74) is 4.88. The number of pyridine rings is 1. The molecule has 0 saturated carbocycles. The van der Waals surface area contributed by atoms with E-state index in [1.54, 1.807) is 6.20 Å². The molecule has 3 aromatic rings. The number of hydrogen-bond acceptors (Lipinski definition) is 4. The van der Waals surface area contributed by atoms with E-state index in [4.69, 9.17) is 0 Å². The first-order valence-corrected chi connectivity index (χ1v) is 11.9. The third kappa shape index (κ3) is 6.34. The maximum absolute atomic E-state index is 13.1. The number of anilines is 2. The van der Waals surface area contributed by atoms with Crippen molar-refractivity contribution in [2.75, 3.05) is 37.4 Å². The SMILES string of the molecule is CN(C)c1ncc(NC(=O)c2ccc(-c3ccccc3)c(CN3CCCCC3)c2)cc1Br.Cl. The Morgan fingerprint density at radius 3 is 2.45 bits per heavy atom. The van der Waals surface area contributed by atoms with E-state index in [1.807, 2.05) is 43.3 Å². The highest BCUT2D eigenvalue weighted by Crippen LogP contribution is 2.28. The van der Waals surface area contributed by atoms with E-state index in [9.17, 15) is 4.79 Å². The van der Waals surface area contributed by atoms with Gasteiger partial charge in [-0.2, -0.15) is 0 Å². The van der Waals surface area contributed by atoms with Crippen LogP contribution >= 0.6 is 28.3 Å². The number of carbonyl (C=O) groups is 1. The van der Waals surface area contributed by atoms with Gasteiger partial charge in [-0.25, -0.2) is 4.98 Å². The van der Waals surface area contributed by atoms with Crippen LogP contribution in [0.3, 0.4) is 0 Å². The Morgan fingerprint density at radius 1 is 1.06 bits per heavy atom. The van der Waals surface area contributed by atoms with Gasteiger partial charge in [0, 0.05) is 26.2 Å². The first-order chi connectivity index (χ1) is 15.5. The summed E-state index contributed by atoms with van der Waals surface area (Å²) in [5.74, 6) is 0.690. The van der Waals surface area contributed by atoms with Gasteiger partial charge in [-0.15, -0.1) is 12.4 Å². The van der Waals surface area contributed by atoms with Crippen LogP contribution in [0.15, 0.2) is 65.3 Å². The largest absolute Gasteiger partial charge is 0.362 e. The zero-order valence-corrected chi connectivity index (χ0v) is 21.5. The van der Waals surface area contributed by atoms with Crippen molar-refractivity contribution in [1.82, 2.24) is 9.88 Å². The van der Waals surface area contributed by atoms with Gasteiger partial charge in [0.2, 0.25) is 0 Å². The average Bonchev–Trinajstić information content (AvgIpc) is 2.80. The third-order valence-corrected chi connectivity index (χ3v) is 6.38. The summed E-state index contributed by atoms with van der Waals surface area (Å²) < 4.78 is 0.838. The molecule has 1 fully saturated rings. The lowest BCUT2D eigenvalue weighted by Gasteiger charge is -2.27. The lowest BCUT2D eigenvalue weighted by Crippen LogP contribution is -2.29. The van der Waals surface area contributed by atoms with Gasteiger partial charge < -0.3 is 10.2 Å². The Balaban J connectivity index is 0.00000306. The van der Waals surface area contributed by atoms with E-state index >= 15 is 0 Å². The molecule has 0 aliphatic carbocycles. The molecule has 1 amide bonds. The fourth-order valence-corrected chi connectivity index (χ4v) is 4.86. The normalized spacial score (nSPS) is 13.8. The van der Waals surface area contributed by atoms with Crippen molar-refractivity contribution in [3.05, 3.63) is 76.4 Å². The number of rotatable bonds is 6. The molecule has 0 atom stereocenters. The molecule has 0 radical (unpaired) electrons. The summed E-state index contributed by atoms with van der Waals surface area (Å²) in [7, 11) is 3.87. The van der Waals surface area contributed by atoms with Gasteiger partial charge in [-0.05, 0) is 76.8 Å². The van der Waals surface area contributed by atoms with E-state index < -0.39 is 0 Å². The highest BCUT2D eigenvalue weighted by Gasteiger charge is 2.16. The van der Waals surface area contributed by atoms with Crippen LogP contribution < -0.4 is 10.2 Å². The molecule has 1 aromatic heterocycles. The third-order valence-electron chi connectivity index (χ3n) is 5.80. The number of nitrogens with zero attached hydrogens (tertiary/aromatic N) is 3. The van der Waals surface area contributed by atoms with Crippen LogP contribution in [0.2, 0.25) is 0 Å². The Kier molecular flexibility index (Phi) is 8.89. The van der Waals surface area contributed by atoms with Crippen LogP contribution in [-0.4, -0.2) is 43.0 Å². The monoisotopic (exact) mass is 528 g/mol. The standard InChI is InChI=1S/C26H29BrN4O.ClH/c1-30(2)25-24(27)16-22(17-28-25)29-26(32)20-11-12-23(19-9-5-3-6-10-19)21(15-20)18-31-13-7-4-8-14-31;/h3,5-6,9-12,15-17H,4,7-8,13-14,18H2,1-2H3,(H,29,32);1H. The summed E-state index contributed by atoms with van der Waals surface area (Å²) in [6.07, 6.45) is 5.48. The molecular weight excluding hydrogens is 500 g/mol. The minimum absolute atomic E-state index is 0. The number of nitrogens with one attached hydrogen (secondary N) is 1. The number of hydrogen-bond donors (Lipinski definition) is 1. The van der Waals surface area contributed by atoms with Gasteiger partial charge in [0.1, 0.15) is 5.82 Å². The molecule has 1 aliphatic rings. The van der Waals surface area contributed by atoms with Crippen molar-refractivity contribution in [3.8, 4) is 11.1 Å². The number of halogens is 2. The quantitative estimate of drug-likeness (QED) is 0.411. The molecule has 7 heteroatoms. The second-order valence-electron chi connectivity index (χ2n) is 8.45. The smallest absolute Gasteiger partial charge is 0.255 e. The van der Waals surface area contributed by atoms with Crippen molar-refractivity contribution in [2.45, 2.75) is 25.8 Å². The Hall–Kier alpha value is -2.41. The second-order valence-corrected chi connectivity index (χ2v) is 9.31. The minimum atomic E-state index is -0.129. The van der Waals surface area contributed by atoms with Crippen molar-refractivity contribution in [1.29, 1.82) is 0 Å². The molecule has 1 saturated heterocycles. The van der Waals surface area contributed by atoms with Crippen LogP contribution in [0.25, 0.3) is 11.1 Å². The molecule has 2 heterocycles. The van der Waals surface area contributed by atoms with E-state index in [0.717, 1.165) is 29.9 Å². The summed E-state index contributed by atoms with van der Waals surface area (Å²) >= 11 is 3.54. The maximum Gasteiger partial charge on any atom is 0.255 e. The molecule has 5 nitrogen and oxygen atoms in total. The molecule has 4 rings (SSSR count). The van der Waals surface area contributed by atoms with Crippen molar-refractivity contribution < 1.29 is 4.79 Å². The van der Waals surface area contributed by atoms with E-state index in [2.05, 4.69) is 61.5 Å². The molecule has 174 valence electrons. The number of aromatic nitrogens is 1. The molecule has 0 unspecified atom stereocenters. The van der Waals surface area contributed by atoms with Crippen molar-refractivity contribution in [2.24, 2.45) is 0 Å². The zero-order valence-electron chi connectivity index (χ0n) is 19.1. The lowest BCUT2D eigenvalue weighted by atomic mass is 9.96. The van der Waals surface area contributed by atoms with E-state index in [1.165, 1.54) is 36.0 Å². The summed E-state index contributed by atoms with van der Waals surface area (Å²) in [6.45, 7) is 3.08. The van der Waals surface area contributed by atoms with Crippen LogP contribution in [-0.2, 0) is 6.54 Å². The lowest BCUT2D eigenvalue weighted by molar-refractivity contribution is 0.102. The summed E-state index contributed by atoms with van der Waals surface area (Å²) in [4.78, 5) is 21.9. The number of likely N-dealkylation sites (tertiary alicyclic amines) is 1. The zero-order chi connectivity index (χ0) is 22.5. The topological polar surface area (TPSA) is 48.5 Å². The van der Waals surface area contributed by atoms with Gasteiger partial charge in [0.25, 0.3) is 5.91 Å². The number of piperidine rings is 1. The molecule has 1 aliphatic heterocycles. The Morgan fingerprint density at radius 2 is 1.79 bits per heavy atom. The fourth-order valence-electron chi connectivity index (χ4n) is 4.15.